The molecule has 3 aromatic rings. The molecule has 3 heterocycles. The number of amides is 1. The van der Waals surface area contributed by atoms with Gasteiger partial charge in [0, 0.05) is 36.4 Å². The van der Waals surface area contributed by atoms with Gasteiger partial charge in [0.15, 0.2) is 0 Å². The second-order valence-corrected chi connectivity index (χ2v) is 9.73. The highest BCUT2D eigenvalue weighted by Gasteiger charge is 2.26. The van der Waals surface area contributed by atoms with Crippen molar-refractivity contribution in [2.75, 3.05) is 13.1 Å². The van der Waals surface area contributed by atoms with Crippen LogP contribution in [0, 0.1) is 31.1 Å². The summed E-state index contributed by atoms with van der Waals surface area (Å²) in [5, 5.41) is 10.2. The molecule has 1 aliphatic heterocycles. The lowest BCUT2D eigenvalue weighted by molar-refractivity contribution is 0.0686. The lowest BCUT2D eigenvalue weighted by Gasteiger charge is -2.32. The maximum Gasteiger partial charge on any atom is 0.255 e. The molecule has 2 aromatic heterocycles. The van der Waals surface area contributed by atoms with E-state index in [0.29, 0.717) is 39.1 Å². The van der Waals surface area contributed by atoms with E-state index in [-0.39, 0.29) is 5.91 Å². The van der Waals surface area contributed by atoms with E-state index >= 15 is 0 Å². The van der Waals surface area contributed by atoms with E-state index in [0.717, 1.165) is 48.5 Å². The van der Waals surface area contributed by atoms with Crippen molar-refractivity contribution in [2.24, 2.45) is 5.92 Å². The van der Waals surface area contributed by atoms with Gasteiger partial charge in [0.05, 0.1) is 21.8 Å². The van der Waals surface area contributed by atoms with Gasteiger partial charge >= 0.3 is 0 Å². The minimum atomic E-state index is -0.0332. The van der Waals surface area contributed by atoms with Crippen LogP contribution in [-0.2, 0) is 6.42 Å². The van der Waals surface area contributed by atoms with Gasteiger partial charge in [0.1, 0.15) is 11.7 Å². The summed E-state index contributed by atoms with van der Waals surface area (Å²) in [4.78, 5) is 20.0. The molecule has 33 heavy (non-hydrogen) atoms. The SMILES string of the molecule is CCCC1CCN(C(=O)c2ccc(Cl)c(Cc3nc4c(C)cc(C#N)cn4c3C)c2Cl)CC1. The van der Waals surface area contributed by atoms with Gasteiger partial charge < -0.3 is 9.30 Å². The number of hydrogen-bond acceptors (Lipinski definition) is 3. The smallest absolute Gasteiger partial charge is 0.255 e. The minimum absolute atomic E-state index is 0.0332. The second kappa shape index (κ2) is 9.75. The molecule has 0 aliphatic carbocycles. The predicted octanol–water partition coefficient (Wildman–Crippen LogP) is 6.37. The number of rotatable bonds is 5. The predicted molar refractivity (Wildman–Crippen MR) is 132 cm³/mol. The number of nitriles is 1. The van der Waals surface area contributed by atoms with E-state index in [4.69, 9.17) is 28.2 Å². The Kier molecular flexibility index (Phi) is 6.97. The highest BCUT2D eigenvalue weighted by atomic mass is 35.5. The van der Waals surface area contributed by atoms with E-state index in [1.165, 1.54) is 12.8 Å². The summed E-state index contributed by atoms with van der Waals surface area (Å²) in [6, 6.07) is 7.50. The van der Waals surface area contributed by atoms with Crippen LogP contribution in [0.4, 0.5) is 0 Å². The Morgan fingerprint density at radius 1 is 1.24 bits per heavy atom. The maximum absolute atomic E-state index is 13.3. The monoisotopic (exact) mass is 482 g/mol. The molecule has 7 heteroatoms. The van der Waals surface area contributed by atoms with E-state index in [1.807, 2.05) is 29.2 Å². The van der Waals surface area contributed by atoms with Crippen molar-refractivity contribution in [3.8, 4) is 6.07 Å². The molecule has 172 valence electrons. The van der Waals surface area contributed by atoms with Crippen molar-refractivity contribution in [1.29, 1.82) is 5.26 Å². The highest BCUT2D eigenvalue weighted by Crippen LogP contribution is 2.33. The molecule has 1 aliphatic rings. The van der Waals surface area contributed by atoms with Gasteiger partial charge in [-0.3, -0.25) is 4.79 Å². The van der Waals surface area contributed by atoms with Crippen LogP contribution in [0.25, 0.3) is 5.65 Å². The number of pyridine rings is 1. The Bertz CT molecular complexity index is 1250. The first-order chi connectivity index (χ1) is 15.8. The third kappa shape index (κ3) is 4.60. The van der Waals surface area contributed by atoms with Crippen LogP contribution in [0.2, 0.25) is 10.0 Å². The highest BCUT2D eigenvalue weighted by molar-refractivity contribution is 6.38. The number of piperidine rings is 1. The molecule has 0 spiro atoms. The van der Waals surface area contributed by atoms with Crippen LogP contribution in [0.1, 0.15) is 71.0 Å². The molecule has 0 atom stereocenters. The third-order valence-corrected chi connectivity index (χ3v) is 7.52. The van der Waals surface area contributed by atoms with Gasteiger partial charge in [-0.05, 0) is 61.9 Å². The maximum atomic E-state index is 13.3. The number of carbonyl (C=O) groups is 1. The molecule has 0 unspecified atom stereocenters. The summed E-state index contributed by atoms with van der Waals surface area (Å²) in [6.07, 6.45) is 6.70. The van der Waals surface area contributed by atoms with Crippen LogP contribution >= 0.6 is 23.2 Å². The zero-order chi connectivity index (χ0) is 23.7. The van der Waals surface area contributed by atoms with E-state index in [9.17, 15) is 10.1 Å². The van der Waals surface area contributed by atoms with Crippen molar-refractivity contribution in [2.45, 2.75) is 52.9 Å². The molecular weight excluding hydrogens is 455 g/mol. The number of carbonyl (C=O) groups excluding carboxylic acids is 1. The third-order valence-electron chi connectivity index (χ3n) is 6.73. The van der Waals surface area contributed by atoms with E-state index in [2.05, 4.69) is 13.0 Å². The van der Waals surface area contributed by atoms with E-state index < -0.39 is 0 Å². The van der Waals surface area contributed by atoms with Gasteiger partial charge in [-0.1, -0.05) is 43.0 Å². The van der Waals surface area contributed by atoms with Crippen molar-refractivity contribution >= 4 is 34.8 Å². The Hall–Kier alpha value is -2.55. The lowest BCUT2D eigenvalue weighted by atomic mass is 9.92. The lowest BCUT2D eigenvalue weighted by Crippen LogP contribution is -2.38. The summed E-state index contributed by atoms with van der Waals surface area (Å²) in [6.45, 7) is 7.65. The standard InChI is InChI=1S/C26H28Cl2N4O/c1-4-5-18-8-10-31(11-9-18)26(33)20-6-7-22(27)21(24(20)28)13-23-17(3)32-15-19(14-29)12-16(2)25(32)30-23/h6-7,12,15,18H,4-5,8-11,13H2,1-3H3. The number of hydrogen-bond donors (Lipinski definition) is 0. The zero-order valence-electron chi connectivity index (χ0n) is 19.3. The molecule has 1 amide bonds. The molecular formula is C26H28Cl2N4O. The summed E-state index contributed by atoms with van der Waals surface area (Å²) in [5.74, 6) is 0.674. The first-order valence-electron chi connectivity index (χ1n) is 11.5. The summed E-state index contributed by atoms with van der Waals surface area (Å²) in [7, 11) is 0. The van der Waals surface area contributed by atoms with Gasteiger partial charge in [0.2, 0.25) is 0 Å². The minimum Gasteiger partial charge on any atom is -0.339 e. The molecule has 4 rings (SSSR count). The Balaban J connectivity index is 1.63. The molecule has 1 saturated heterocycles. The van der Waals surface area contributed by atoms with Crippen molar-refractivity contribution in [3.05, 3.63) is 68.1 Å². The molecule has 1 fully saturated rings. The molecule has 5 nitrogen and oxygen atoms in total. The van der Waals surface area contributed by atoms with Gasteiger partial charge in [-0.2, -0.15) is 5.26 Å². The fourth-order valence-corrected chi connectivity index (χ4v) is 5.38. The molecule has 0 radical (unpaired) electrons. The van der Waals surface area contributed by atoms with Gasteiger partial charge in [-0.15, -0.1) is 0 Å². The van der Waals surface area contributed by atoms with Crippen LogP contribution in [0.5, 0.6) is 0 Å². The topological polar surface area (TPSA) is 61.4 Å². The number of aromatic nitrogens is 2. The molecule has 0 N–H and O–H groups in total. The Morgan fingerprint density at radius 2 is 1.97 bits per heavy atom. The Labute approximate surface area is 204 Å². The summed E-state index contributed by atoms with van der Waals surface area (Å²) >= 11 is 13.3. The summed E-state index contributed by atoms with van der Waals surface area (Å²) < 4.78 is 1.93. The average Bonchev–Trinajstić information content (AvgIpc) is 3.13. The first kappa shape index (κ1) is 23.6. The first-order valence-corrected chi connectivity index (χ1v) is 12.2. The number of benzene rings is 1. The van der Waals surface area contributed by atoms with Crippen molar-refractivity contribution < 1.29 is 4.79 Å². The second-order valence-electron chi connectivity index (χ2n) is 8.95. The normalized spacial score (nSPS) is 14.6. The Morgan fingerprint density at radius 3 is 2.64 bits per heavy atom. The quantitative estimate of drug-likeness (QED) is 0.424. The molecule has 0 saturated carbocycles. The van der Waals surface area contributed by atoms with E-state index in [1.54, 1.807) is 18.3 Å². The van der Waals surface area contributed by atoms with Crippen LogP contribution in [0.3, 0.4) is 0 Å². The number of imidazole rings is 1. The van der Waals surface area contributed by atoms with Crippen molar-refractivity contribution in [3.63, 3.8) is 0 Å². The van der Waals surface area contributed by atoms with Gasteiger partial charge in [-0.25, -0.2) is 4.98 Å². The fraction of sp³-hybridized carbons (Fsp3) is 0.423. The van der Waals surface area contributed by atoms with Crippen LogP contribution in [-0.4, -0.2) is 33.3 Å². The number of likely N-dealkylation sites (tertiary alicyclic amines) is 1. The van der Waals surface area contributed by atoms with Gasteiger partial charge in [0.25, 0.3) is 5.91 Å². The fourth-order valence-electron chi connectivity index (χ4n) is 4.80. The molecule has 1 aromatic carbocycles. The average molecular weight is 483 g/mol. The van der Waals surface area contributed by atoms with Crippen molar-refractivity contribution in [1.82, 2.24) is 14.3 Å². The largest absolute Gasteiger partial charge is 0.339 e. The summed E-state index contributed by atoms with van der Waals surface area (Å²) in [5.41, 5.74) is 5.25. The number of fused-ring (bicyclic) bond motifs is 1. The number of nitrogens with zero attached hydrogens (tertiary/aromatic N) is 4. The number of aryl methyl sites for hydroxylation is 2. The van der Waals surface area contributed by atoms with Crippen LogP contribution < -0.4 is 0 Å². The molecule has 0 bridgehead atoms. The van der Waals surface area contributed by atoms with Crippen LogP contribution in [0.15, 0.2) is 24.4 Å². The number of halogens is 2. The zero-order valence-corrected chi connectivity index (χ0v) is 20.8.